The van der Waals surface area contributed by atoms with Crippen LogP contribution in [0.1, 0.15) is 36.5 Å². The third-order valence-corrected chi connectivity index (χ3v) is 3.45. The van der Waals surface area contributed by atoms with Crippen molar-refractivity contribution >= 4 is 27.7 Å². The number of primary amides is 1. The second kappa shape index (κ2) is 6.65. The zero-order valence-corrected chi connectivity index (χ0v) is 12.8. The van der Waals surface area contributed by atoms with Gasteiger partial charge in [-0.2, -0.15) is 0 Å². The van der Waals surface area contributed by atoms with Crippen LogP contribution in [0.25, 0.3) is 0 Å². The average Bonchev–Trinajstić information content (AvgIpc) is 2.31. The highest BCUT2D eigenvalue weighted by Crippen LogP contribution is 2.14. The van der Waals surface area contributed by atoms with E-state index in [1.165, 1.54) is 0 Å². The Morgan fingerprint density at radius 3 is 2.53 bits per heavy atom. The first-order chi connectivity index (χ1) is 8.81. The Kier molecular flexibility index (Phi) is 5.47. The smallest absolute Gasteiger partial charge is 0.270 e. The zero-order chi connectivity index (χ0) is 14.6. The molecule has 1 atom stereocenters. The van der Waals surface area contributed by atoms with Gasteiger partial charge < -0.3 is 11.1 Å². The summed E-state index contributed by atoms with van der Waals surface area (Å²) in [6.07, 6.45) is 0.510. The van der Waals surface area contributed by atoms with Crippen LogP contribution in [-0.4, -0.2) is 22.8 Å². The molecule has 19 heavy (non-hydrogen) atoms. The number of hydrogen-bond donors (Lipinski definition) is 2. The molecule has 0 radical (unpaired) electrons. The number of nitrogens with one attached hydrogen (secondary N) is 1. The summed E-state index contributed by atoms with van der Waals surface area (Å²) in [6, 6.07) is 2.68. The first-order valence-corrected chi connectivity index (χ1v) is 6.84. The van der Waals surface area contributed by atoms with Crippen LogP contribution in [0.15, 0.2) is 16.6 Å². The van der Waals surface area contributed by atoms with Gasteiger partial charge in [0.1, 0.15) is 11.7 Å². The van der Waals surface area contributed by atoms with Crippen molar-refractivity contribution in [1.82, 2.24) is 10.3 Å². The van der Waals surface area contributed by atoms with Crippen LogP contribution in [-0.2, 0) is 4.79 Å². The Labute approximate surface area is 121 Å². The summed E-state index contributed by atoms with van der Waals surface area (Å²) in [7, 11) is 0. The molecule has 0 aliphatic rings. The van der Waals surface area contributed by atoms with Crippen molar-refractivity contribution in [2.45, 2.75) is 33.2 Å². The number of halogens is 1. The Balaban J connectivity index is 2.81. The van der Waals surface area contributed by atoms with E-state index in [4.69, 9.17) is 5.73 Å². The van der Waals surface area contributed by atoms with E-state index in [-0.39, 0.29) is 17.5 Å². The molecule has 0 aromatic carbocycles. The summed E-state index contributed by atoms with van der Waals surface area (Å²) < 4.78 is 0.831. The highest BCUT2D eigenvalue weighted by Gasteiger charge is 2.20. The molecule has 0 fully saturated rings. The normalized spacial score (nSPS) is 12.3. The molecular weight excluding hydrogens is 310 g/mol. The number of hydrogen-bond acceptors (Lipinski definition) is 3. The summed E-state index contributed by atoms with van der Waals surface area (Å²) in [5, 5.41) is 2.62. The number of pyridine rings is 1. The zero-order valence-electron chi connectivity index (χ0n) is 11.2. The van der Waals surface area contributed by atoms with E-state index in [2.05, 4.69) is 26.2 Å². The minimum Gasteiger partial charge on any atom is -0.368 e. The van der Waals surface area contributed by atoms with Crippen LogP contribution in [0.2, 0.25) is 0 Å². The van der Waals surface area contributed by atoms with Crippen LogP contribution in [0.4, 0.5) is 0 Å². The van der Waals surface area contributed by atoms with Crippen molar-refractivity contribution in [3.8, 4) is 0 Å². The van der Waals surface area contributed by atoms with Gasteiger partial charge >= 0.3 is 0 Å². The van der Waals surface area contributed by atoms with Gasteiger partial charge in [-0.3, -0.25) is 9.59 Å². The van der Waals surface area contributed by atoms with Crippen molar-refractivity contribution in [2.75, 3.05) is 0 Å². The summed E-state index contributed by atoms with van der Waals surface area (Å²) in [6.45, 7) is 5.72. The standard InChI is InChI=1S/C13H18BrN3O2/c1-7(2)6-11(12(15)18)17-13(19)10-5-4-9(14)8(3)16-10/h4-5,7,11H,6H2,1-3H3,(H2,15,18)(H,17,19)/t11-/m0/s1. The summed E-state index contributed by atoms with van der Waals surface area (Å²) in [4.78, 5) is 27.5. The predicted octanol–water partition coefficient (Wildman–Crippen LogP) is 1.78. The Morgan fingerprint density at radius 2 is 2.05 bits per heavy atom. The fourth-order valence-corrected chi connectivity index (χ4v) is 1.84. The van der Waals surface area contributed by atoms with Crippen LogP contribution < -0.4 is 11.1 Å². The molecule has 0 spiro atoms. The number of carbonyl (C=O) groups is 2. The molecule has 0 aliphatic heterocycles. The van der Waals surface area contributed by atoms with Crippen molar-refractivity contribution in [3.05, 3.63) is 28.0 Å². The van der Waals surface area contributed by atoms with E-state index >= 15 is 0 Å². The third-order valence-electron chi connectivity index (χ3n) is 2.61. The molecule has 2 amide bonds. The van der Waals surface area contributed by atoms with Gasteiger partial charge in [0.15, 0.2) is 0 Å². The van der Waals surface area contributed by atoms with E-state index in [1.807, 2.05) is 13.8 Å². The molecule has 0 bridgehead atoms. The van der Waals surface area contributed by atoms with E-state index in [1.54, 1.807) is 19.1 Å². The maximum absolute atomic E-state index is 12.0. The molecule has 0 saturated heterocycles. The van der Waals surface area contributed by atoms with Gasteiger partial charge in [-0.05, 0) is 47.3 Å². The topological polar surface area (TPSA) is 85.1 Å². The second-order valence-corrected chi connectivity index (χ2v) is 5.68. The minimum atomic E-state index is -0.668. The van der Waals surface area contributed by atoms with Gasteiger partial charge in [0.25, 0.3) is 5.91 Å². The van der Waals surface area contributed by atoms with Crippen LogP contribution in [0.3, 0.4) is 0 Å². The number of carbonyl (C=O) groups excluding carboxylic acids is 2. The molecule has 1 heterocycles. The molecule has 0 unspecified atom stereocenters. The number of nitrogens with zero attached hydrogens (tertiary/aromatic N) is 1. The van der Waals surface area contributed by atoms with Gasteiger partial charge in [0, 0.05) is 4.47 Å². The molecule has 0 saturated carbocycles. The maximum Gasteiger partial charge on any atom is 0.270 e. The molecule has 1 rings (SSSR count). The van der Waals surface area contributed by atoms with E-state index < -0.39 is 11.9 Å². The fraction of sp³-hybridized carbons (Fsp3) is 0.462. The maximum atomic E-state index is 12.0. The molecule has 6 heteroatoms. The molecule has 1 aromatic heterocycles. The Morgan fingerprint density at radius 1 is 1.42 bits per heavy atom. The number of aromatic nitrogens is 1. The lowest BCUT2D eigenvalue weighted by molar-refractivity contribution is -0.120. The lowest BCUT2D eigenvalue weighted by atomic mass is 10.0. The molecule has 104 valence electrons. The van der Waals surface area contributed by atoms with E-state index in [0.29, 0.717) is 12.1 Å². The Bertz CT molecular complexity index is 489. The highest BCUT2D eigenvalue weighted by molar-refractivity contribution is 9.10. The van der Waals surface area contributed by atoms with Gasteiger partial charge in [-0.15, -0.1) is 0 Å². The van der Waals surface area contributed by atoms with Crippen LogP contribution >= 0.6 is 15.9 Å². The van der Waals surface area contributed by atoms with Crippen molar-refractivity contribution in [2.24, 2.45) is 11.7 Å². The monoisotopic (exact) mass is 327 g/mol. The predicted molar refractivity (Wildman–Crippen MR) is 76.6 cm³/mol. The van der Waals surface area contributed by atoms with Crippen molar-refractivity contribution < 1.29 is 9.59 Å². The first kappa shape index (κ1) is 15.6. The second-order valence-electron chi connectivity index (χ2n) is 4.82. The van der Waals surface area contributed by atoms with Gasteiger partial charge in [-0.1, -0.05) is 13.8 Å². The quantitative estimate of drug-likeness (QED) is 0.864. The molecule has 0 aliphatic carbocycles. The number of amides is 2. The Hall–Kier alpha value is -1.43. The van der Waals surface area contributed by atoms with E-state index in [0.717, 1.165) is 4.47 Å². The lowest BCUT2D eigenvalue weighted by Crippen LogP contribution is -2.45. The van der Waals surface area contributed by atoms with Crippen molar-refractivity contribution in [1.29, 1.82) is 0 Å². The summed E-state index contributed by atoms with van der Waals surface area (Å²) in [5.41, 5.74) is 6.27. The van der Waals surface area contributed by atoms with Crippen LogP contribution in [0.5, 0.6) is 0 Å². The van der Waals surface area contributed by atoms with E-state index in [9.17, 15) is 9.59 Å². The average molecular weight is 328 g/mol. The highest BCUT2D eigenvalue weighted by atomic mass is 79.9. The first-order valence-electron chi connectivity index (χ1n) is 6.04. The lowest BCUT2D eigenvalue weighted by Gasteiger charge is -2.17. The number of nitrogens with two attached hydrogens (primary N) is 1. The van der Waals surface area contributed by atoms with Gasteiger partial charge in [0.2, 0.25) is 5.91 Å². The van der Waals surface area contributed by atoms with Crippen LogP contribution in [0, 0.1) is 12.8 Å². The van der Waals surface area contributed by atoms with Gasteiger partial charge in [-0.25, -0.2) is 4.98 Å². The summed E-state index contributed by atoms with van der Waals surface area (Å²) >= 11 is 3.32. The molecule has 5 nitrogen and oxygen atoms in total. The minimum absolute atomic E-state index is 0.261. The number of rotatable bonds is 5. The third kappa shape index (κ3) is 4.63. The molecular formula is C13H18BrN3O2. The largest absolute Gasteiger partial charge is 0.368 e. The fourth-order valence-electron chi connectivity index (χ4n) is 1.62. The SMILES string of the molecule is Cc1nc(C(=O)N[C@@H](CC(C)C)C(N)=O)ccc1Br. The van der Waals surface area contributed by atoms with Gasteiger partial charge in [0.05, 0.1) is 5.69 Å². The molecule has 3 N–H and O–H groups in total. The van der Waals surface area contributed by atoms with Crippen molar-refractivity contribution in [3.63, 3.8) is 0 Å². The summed E-state index contributed by atoms with van der Waals surface area (Å²) in [5.74, 6) is -0.659. The molecule has 1 aromatic rings. The number of aryl methyl sites for hydroxylation is 1.